The summed E-state index contributed by atoms with van der Waals surface area (Å²) in [5, 5.41) is 9.51. The first-order valence-corrected chi connectivity index (χ1v) is 8.43. The number of piperidine rings is 1. The van der Waals surface area contributed by atoms with Crippen molar-refractivity contribution in [3.8, 4) is 0 Å². The maximum atomic E-state index is 13.1. The molecule has 0 bridgehead atoms. The van der Waals surface area contributed by atoms with Crippen LogP contribution < -0.4 is 0 Å². The van der Waals surface area contributed by atoms with Crippen molar-refractivity contribution < 1.29 is 22.3 Å². The van der Waals surface area contributed by atoms with Crippen LogP contribution in [0.2, 0.25) is 0 Å². The van der Waals surface area contributed by atoms with Crippen molar-refractivity contribution in [2.24, 2.45) is 0 Å². The van der Waals surface area contributed by atoms with Gasteiger partial charge >= 0.3 is 0 Å². The van der Waals surface area contributed by atoms with Crippen molar-refractivity contribution in [3.05, 3.63) is 0 Å². The smallest absolute Gasteiger partial charge is 0.250 e. The molecule has 0 saturated carbocycles. The number of halogens is 2. The van der Waals surface area contributed by atoms with Gasteiger partial charge in [0.1, 0.15) is 0 Å². The number of hydrogen-bond acceptors (Lipinski definition) is 4. The molecule has 0 aliphatic carbocycles. The zero-order valence-corrected chi connectivity index (χ0v) is 12.6. The lowest BCUT2D eigenvalue weighted by atomic mass is 10.0. The van der Waals surface area contributed by atoms with E-state index in [1.807, 2.05) is 0 Å². The highest BCUT2D eigenvalue weighted by molar-refractivity contribution is 7.89. The maximum absolute atomic E-state index is 13.1. The Hall–Kier alpha value is -0.310. The molecule has 2 atom stereocenters. The van der Waals surface area contributed by atoms with Crippen molar-refractivity contribution in [2.45, 2.75) is 50.0 Å². The Morgan fingerprint density at radius 3 is 2.25 bits per heavy atom. The highest BCUT2D eigenvalue weighted by atomic mass is 32.2. The Morgan fingerprint density at radius 1 is 1.20 bits per heavy atom. The molecule has 2 aliphatic rings. The Balaban J connectivity index is 2.02. The lowest BCUT2D eigenvalue weighted by molar-refractivity contribution is -0.0697. The summed E-state index contributed by atoms with van der Waals surface area (Å²) in [5.41, 5.74) is 0. The van der Waals surface area contributed by atoms with Gasteiger partial charge in [0.15, 0.2) is 0 Å². The lowest BCUT2D eigenvalue weighted by Gasteiger charge is -2.36. The van der Waals surface area contributed by atoms with E-state index in [0.29, 0.717) is 0 Å². The standard InChI is InChI=1S/C12H22F2N2O3S/c1-9(2)20(18,19)16-7-10(11(17)8-16)15-5-3-12(13,14)4-6-15/h9-11,17H,3-8H2,1-2H3/t10-,11-/m1/s1. The van der Waals surface area contributed by atoms with Crippen molar-refractivity contribution in [1.29, 1.82) is 0 Å². The third kappa shape index (κ3) is 3.13. The number of likely N-dealkylation sites (tertiary alicyclic amines) is 1. The second kappa shape index (κ2) is 5.47. The van der Waals surface area contributed by atoms with Gasteiger partial charge in [0, 0.05) is 39.0 Å². The fraction of sp³-hybridized carbons (Fsp3) is 1.00. The minimum Gasteiger partial charge on any atom is -0.390 e. The molecule has 0 unspecified atom stereocenters. The van der Waals surface area contributed by atoms with Gasteiger partial charge in [0.05, 0.1) is 17.4 Å². The minimum absolute atomic E-state index is 0.0536. The molecule has 0 aromatic heterocycles. The summed E-state index contributed by atoms with van der Waals surface area (Å²) in [5.74, 6) is -2.64. The number of alkyl halides is 2. The molecule has 2 saturated heterocycles. The molecular formula is C12H22F2N2O3S. The van der Waals surface area contributed by atoms with E-state index in [4.69, 9.17) is 0 Å². The van der Waals surface area contributed by atoms with Crippen LogP contribution >= 0.6 is 0 Å². The van der Waals surface area contributed by atoms with Gasteiger partial charge in [-0.2, -0.15) is 4.31 Å². The van der Waals surface area contributed by atoms with E-state index < -0.39 is 27.3 Å². The van der Waals surface area contributed by atoms with Crippen LogP contribution in [-0.2, 0) is 10.0 Å². The van der Waals surface area contributed by atoms with Crippen LogP contribution in [0.3, 0.4) is 0 Å². The van der Waals surface area contributed by atoms with Crippen molar-refractivity contribution >= 4 is 10.0 Å². The Kier molecular flexibility index (Phi) is 4.40. The van der Waals surface area contributed by atoms with Crippen LogP contribution in [0.15, 0.2) is 0 Å². The van der Waals surface area contributed by atoms with Gasteiger partial charge in [-0.3, -0.25) is 4.90 Å². The largest absolute Gasteiger partial charge is 0.390 e. The zero-order valence-electron chi connectivity index (χ0n) is 11.8. The molecule has 0 amide bonds. The van der Waals surface area contributed by atoms with Gasteiger partial charge in [0.2, 0.25) is 10.0 Å². The van der Waals surface area contributed by atoms with Gasteiger partial charge in [-0.25, -0.2) is 17.2 Å². The van der Waals surface area contributed by atoms with E-state index in [1.54, 1.807) is 18.7 Å². The first-order valence-electron chi connectivity index (χ1n) is 6.92. The summed E-state index contributed by atoms with van der Waals surface area (Å²) >= 11 is 0. The van der Waals surface area contributed by atoms with Gasteiger partial charge < -0.3 is 5.11 Å². The Labute approximate surface area is 118 Å². The minimum atomic E-state index is -3.41. The van der Waals surface area contributed by atoms with Gasteiger partial charge in [-0.1, -0.05) is 0 Å². The first-order chi connectivity index (χ1) is 9.13. The number of aliphatic hydroxyl groups is 1. The SMILES string of the molecule is CC(C)S(=O)(=O)N1C[C@@H](O)[C@H](N2CCC(F)(F)CC2)C1. The predicted octanol–water partition coefficient (Wildman–Crippen LogP) is 0.501. The molecule has 118 valence electrons. The fourth-order valence-corrected chi connectivity index (χ4v) is 4.10. The average Bonchev–Trinajstić information content (AvgIpc) is 2.72. The average molecular weight is 312 g/mol. The topological polar surface area (TPSA) is 60.9 Å². The predicted molar refractivity (Wildman–Crippen MR) is 71.2 cm³/mol. The van der Waals surface area contributed by atoms with E-state index in [2.05, 4.69) is 0 Å². The summed E-state index contributed by atoms with van der Waals surface area (Å²) in [6.07, 6.45) is -1.27. The Bertz CT molecular complexity index is 446. The monoisotopic (exact) mass is 312 g/mol. The fourth-order valence-electron chi connectivity index (χ4n) is 2.78. The van der Waals surface area contributed by atoms with Crippen LogP contribution in [-0.4, -0.2) is 72.2 Å². The normalized spacial score (nSPS) is 32.9. The van der Waals surface area contributed by atoms with Crippen LogP contribution in [0.4, 0.5) is 8.78 Å². The number of rotatable bonds is 3. The summed E-state index contributed by atoms with van der Waals surface area (Å²) in [6.45, 7) is 3.83. The van der Waals surface area contributed by atoms with E-state index in [9.17, 15) is 22.3 Å². The molecule has 2 heterocycles. The number of β-amino-alcohol motifs (C(OH)–C–C–N with tert-alkyl or cyclic N) is 1. The highest BCUT2D eigenvalue weighted by Crippen LogP contribution is 2.31. The number of sulfonamides is 1. The van der Waals surface area contributed by atoms with Crippen LogP contribution in [0.5, 0.6) is 0 Å². The third-order valence-corrected chi connectivity index (χ3v) is 6.39. The van der Waals surface area contributed by atoms with Gasteiger partial charge in [-0.05, 0) is 13.8 Å². The van der Waals surface area contributed by atoms with E-state index in [-0.39, 0.29) is 45.1 Å². The highest BCUT2D eigenvalue weighted by Gasteiger charge is 2.44. The van der Waals surface area contributed by atoms with Crippen LogP contribution in [0.1, 0.15) is 26.7 Å². The zero-order chi connectivity index (χ0) is 15.1. The van der Waals surface area contributed by atoms with Crippen molar-refractivity contribution in [2.75, 3.05) is 26.2 Å². The molecule has 1 N–H and O–H groups in total. The summed E-state index contributed by atoms with van der Waals surface area (Å²) < 4.78 is 51.7. The Morgan fingerprint density at radius 2 is 1.75 bits per heavy atom. The van der Waals surface area contributed by atoms with Crippen LogP contribution in [0, 0.1) is 0 Å². The maximum Gasteiger partial charge on any atom is 0.250 e. The summed E-state index contributed by atoms with van der Waals surface area (Å²) in [7, 11) is -3.41. The van der Waals surface area contributed by atoms with E-state index in [0.717, 1.165) is 0 Å². The molecule has 0 aromatic rings. The summed E-state index contributed by atoms with van der Waals surface area (Å²) in [4.78, 5) is 1.79. The summed E-state index contributed by atoms with van der Waals surface area (Å²) in [6, 6.07) is -0.375. The number of hydrogen-bond donors (Lipinski definition) is 1. The van der Waals surface area contributed by atoms with Crippen molar-refractivity contribution in [3.63, 3.8) is 0 Å². The molecule has 0 spiro atoms. The molecule has 0 radical (unpaired) electrons. The molecule has 2 rings (SSSR count). The van der Waals surface area contributed by atoms with Gasteiger partial charge in [-0.15, -0.1) is 0 Å². The molecule has 0 aromatic carbocycles. The lowest BCUT2D eigenvalue weighted by Crippen LogP contribution is -2.49. The quantitative estimate of drug-likeness (QED) is 0.824. The molecule has 2 fully saturated rings. The van der Waals surface area contributed by atoms with Gasteiger partial charge in [0.25, 0.3) is 5.92 Å². The molecule has 20 heavy (non-hydrogen) atoms. The second-order valence-corrected chi connectivity index (χ2v) is 8.43. The van der Waals surface area contributed by atoms with Crippen LogP contribution in [0.25, 0.3) is 0 Å². The van der Waals surface area contributed by atoms with E-state index in [1.165, 1.54) is 4.31 Å². The molecule has 5 nitrogen and oxygen atoms in total. The third-order valence-electron chi connectivity index (χ3n) is 4.18. The number of nitrogens with zero attached hydrogens (tertiary/aromatic N) is 2. The number of aliphatic hydroxyl groups excluding tert-OH is 1. The molecule has 2 aliphatic heterocycles. The second-order valence-electron chi connectivity index (χ2n) is 5.94. The molecular weight excluding hydrogens is 290 g/mol. The van der Waals surface area contributed by atoms with Crippen molar-refractivity contribution in [1.82, 2.24) is 9.21 Å². The first kappa shape index (κ1) is 16.1. The molecule has 8 heteroatoms. The van der Waals surface area contributed by atoms with E-state index >= 15 is 0 Å².